The number of piperidine rings is 1. The normalized spacial score (nSPS) is 31.7. The Morgan fingerprint density at radius 3 is 2.24 bits per heavy atom. The molecule has 1 saturated carbocycles. The molecule has 1 heterocycles. The van der Waals surface area contributed by atoms with Gasteiger partial charge in [0.15, 0.2) is 0 Å². The molecule has 2 fully saturated rings. The number of hydrogen-bond donors (Lipinski definition) is 0. The summed E-state index contributed by atoms with van der Waals surface area (Å²) in [5.41, 5.74) is 0.180. The average molecular weight is 234 g/mol. The fraction of sp³-hybridized carbons (Fsp3) is 0.933. The predicted octanol–water partition coefficient (Wildman–Crippen LogP) is 3.58. The summed E-state index contributed by atoms with van der Waals surface area (Å²) < 4.78 is 0. The lowest BCUT2D eigenvalue weighted by Gasteiger charge is -2.44. The Bertz CT molecular complexity index is 282. The van der Waals surface area contributed by atoms with Gasteiger partial charge in [0.1, 0.15) is 0 Å². The standard InChI is InChI=1S/C15H26N2/c1-15(2)12-17(10-9-13(15)11-16)14-7-5-3-4-6-8-14/h13-14H,3-10,12H2,1-2H3. The van der Waals surface area contributed by atoms with E-state index in [1.165, 1.54) is 38.5 Å². The summed E-state index contributed by atoms with van der Waals surface area (Å²) >= 11 is 0. The van der Waals surface area contributed by atoms with Crippen LogP contribution in [0, 0.1) is 22.7 Å². The zero-order valence-corrected chi connectivity index (χ0v) is 11.4. The minimum Gasteiger partial charge on any atom is -0.300 e. The second-order valence-electron chi connectivity index (χ2n) is 6.57. The van der Waals surface area contributed by atoms with E-state index in [-0.39, 0.29) is 11.3 Å². The maximum atomic E-state index is 9.20. The van der Waals surface area contributed by atoms with Crippen LogP contribution < -0.4 is 0 Å². The van der Waals surface area contributed by atoms with Gasteiger partial charge in [-0.15, -0.1) is 0 Å². The van der Waals surface area contributed by atoms with Crippen molar-refractivity contribution in [2.45, 2.75) is 64.8 Å². The number of nitriles is 1. The van der Waals surface area contributed by atoms with Crippen LogP contribution in [0.2, 0.25) is 0 Å². The molecule has 1 aliphatic carbocycles. The Morgan fingerprint density at radius 1 is 1.06 bits per heavy atom. The van der Waals surface area contributed by atoms with Crippen molar-refractivity contribution in [2.75, 3.05) is 13.1 Å². The maximum absolute atomic E-state index is 9.20. The molecule has 0 amide bonds. The van der Waals surface area contributed by atoms with Crippen LogP contribution in [0.15, 0.2) is 0 Å². The van der Waals surface area contributed by atoms with Gasteiger partial charge in [-0.3, -0.25) is 4.90 Å². The highest BCUT2D eigenvalue weighted by atomic mass is 15.2. The van der Waals surface area contributed by atoms with Gasteiger partial charge in [0.05, 0.1) is 12.0 Å². The van der Waals surface area contributed by atoms with Gasteiger partial charge in [-0.2, -0.15) is 5.26 Å². The molecule has 0 aromatic rings. The fourth-order valence-electron chi connectivity index (χ4n) is 3.57. The molecule has 2 aliphatic rings. The lowest BCUT2D eigenvalue weighted by atomic mass is 9.74. The largest absolute Gasteiger partial charge is 0.300 e. The third-order valence-corrected chi connectivity index (χ3v) is 4.76. The van der Waals surface area contributed by atoms with Gasteiger partial charge in [-0.25, -0.2) is 0 Å². The van der Waals surface area contributed by atoms with E-state index in [2.05, 4.69) is 24.8 Å². The first kappa shape index (κ1) is 12.9. The third-order valence-electron chi connectivity index (χ3n) is 4.76. The molecule has 1 atom stereocenters. The van der Waals surface area contributed by atoms with Crippen molar-refractivity contribution in [2.24, 2.45) is 11.3 Å². The molecule has 1 aliphatic heterocycles. The molecule has 2 rings (SSSR count). The topological polar surface area (TPSA) is 27.0 Å². The summed E-state index contributed by atoms with van der Waals surface area (Å²) in [4.78, 5) is 2.68. The minimum atomic E-state index is 0.180. The monoisotopic (exact) mass is 234 g/mol. The number of hydrogen-bond acceptors (Lipinski definition) is 2. The van der Waals surface area contributed by atoms with Gasteiger partial charge in [-0.1, -0.05) is 39.5 Å². The highest BCUT2D eigenvalue weighted by Gasteiger charge is 2.37. The van der Waals surface area contributed by atoms with E-state index >= 15 is 0 Å². The Hall–Kier alpha value is -0.550. The molecule has 0 spiro atoms. The van der Waals surface area contributed by atoms with Gasteiger partial charge in [0, 0.05) is 12.6 Å². The third kappa shape index (κ3) is 3.01. The van der Waals surface area contributed by atoms with Crippen molar-refractivity contribution in [1.82, 2.24) is 4.90 Å². The van der Waals surface area contributed by atoms with Crippen molar-refractivity contribution in [3.8, 4) is 6.07 Å². The highest BCUT2D eigenvalue weighted by molar-refractivity contribution is 4.99. The van der Waals surface area contributed by atoms with Crippen molar-refractivity contribution in [3.63, 3.8) is 0 Å². The van der Waals surface area contributed by atoms with E-state index in [4.69, 9.17) is 0 Å². The van der Waals surface area contributed by atoms with Gasteiger partial charge in [0.25, 0.3) is 0 Å². The lowest BCUT2D eigenvalue weighted by Crippen LogP contribution is -2.49. The molecule has 0 aromatic carbocycles. The molecule has 0 aromatic heterocycles. The molecule has 17 heavy (non-hydrogen) atoms. The smallest absolute Gasteiger partial charge is 0.0662 e. The predicted molar refractivity (Wildman–Crippen MR) is 70.6 cm³/mol. The van der Waals surface area contributed by atoms with E-state index in [1.54, 1.807) is 0 Å². The Balaban J connectivity index is 1.97. The zero-order chi connectivity index (χ0) is 12.3. The van der Waals surface area contributed by atoms with E-state index in [0.29, 0.717) is 0 Å². The van der Waals surface area contributed by atoms with E-state index < -0.39 is 0 Å². The maximum Gasteiger partial charge on any atom is 0.0662 e. The molecular weight excluding hydrogens is 208 g/mol. The van der Waals surface area contributed by atoms with Crippen LogP contribution in [0.25, 0.3) is 0 Å². The van der Waals surface area contributed by atoms with E-state index in [9.17, 15) is 5.26 Å². The summed E-state index contributed by atoms with van der Waals surface area (Å²) in [7, 11) is 0. The number of likely N-dealkylation sites (tertiary alicyclic amines) is 1. The molecular formula is C15H26N2. The molecule has 0 radical (unpaired) electrons. The Morgan fingerprint density at radius 2 is 1.71 bits per heavy atom. The molecule has 1 saturated heterocycles. The van der Waals surface area contributed by atoms with Crippen LogP contribution in [-0.2, 0) is 0 Å². The van der Waals surface area contributed by atoms with Gasteiger partial charge in [0.2, 0.25) is 0 Å². The SMILES string of the molecule is CC1(C)CN(C2CCCCCC2)CCC1C#N. The second-order valence-corrected chi connectivity index (χ2v) is 6.57. The first-order chi connectivity index (χ1) is 8.13. The van der Waals surface area contributed by atoms with Crippen molar-refractivity contribution in [1.29, 1.82) is 5.26 Å². The summed E-state index contributed by atoms with van der Waals surface area (Å²) in [6.07, 6.45) is 9.50. The zero-order valence-electron chi connectivity index (χ0n) is 11.4. The minimum absolute atomic E-state index is 0.180. The quantitative estimate of drug-likeness (QED) is 0.648. The first-order valence-corrected chi connectivity index (χ1v) is 7.27. The van der Waals surface area contributed by atoms with Crippen LogP contribution in [0.4, 0.5) is 0 Å². The van der Waals surface area contributed by atoms with Crippen LogP contribution in [0.3, 0.4) is 0 Å². The number of nitrogens with zero attached hydrogens (tertiary/aromatic N) is 2. The van der Waals surface area contributed by atoms with Crippen molar-refractivity contribution in [3.05, 3.63) is 0 Å². The van der Waals surface area contributed by atoms with Crippen molar-refractivity contribution >= 4 is 0 Å². The highest BCUT2D eigenvalue weighted by Crippen LogP contribution is 2.36. The van der Waals surface area contributed by atoms with Gasteiger partial charge < -0.3 is 0 Å². The summed E-state index contributed by atoms with van der Waals surface area (Å²) in [5.74, 6) is 0.254. The molecule has 1 unspecified atom stereocenters. The van der Waals surface area contributed by atoms with Gasteiger partial charge >= 0.3 is 0 Å². The number of rotatable bonds is 1. The van der Waals surface area contributed by atoms with Crippen LogP contribution in [0.1, 0.15) is 58.8 Å². The fourth-order valence-corrected chi connectivity index (χ4v) is 3.57. The first-order valence-electron chi connectivity index (χ1n) is 7.27. The molecule has 2 nitrogen and oxygen atoms in total. The summed E-state index contributed by atoms with van der Waals surface area (Å²) in [6.45, 7) is 6.80. The van der Waals surface area contributed by atoms with Gasteiger partial charge in [-0.05, 0) is 31.2 Å². The molecule has 0 bridgehead atoms. The van der Waals surface area contributed by atoms with Crippen LogP contribution >= 0.6 is 0 Å². The lowest BCUT2D eigenvalue weighted by molar-refractivity contribution is 0.0446. The Kier molecular flexibility index (Phi) is 4.09. The van der Waals surface area contributed by atoms with E-state index in [1.807, 2.05) is 0 Å². The molecule has 2 heteroatoms. The summed E-state index contributed by atoms with van der Waals surface area (Å²) in [5, 5.41) is 9.20. The molecule has 0 N–H and O–H groups in total. The van der Waals surface area contributed by atoms with Crippen molar-refractivity contribution < 1.29 is 0 Å². The van der Waals surface area contributed by atoms with Crippen LogP contribution in [-0.4, -0.2) is 24.0 Å². The Labute approximate surface area is 106 Å². The summed E-state index contributed by atoms with van der Waals surface area (Å²) in [6, 6.07) is 3.31. The molecule has 96 valence electrons. The van der Waals surface area contributed by atoms with Crippen LogP contribution in [0.5, 0.6) is 0 Å². The second kappa shape index (κ2) is 5.40. The van der Waals surface area contributed by atoms with E-state index in [0.717, 1.165) is 25.6 Å². The average Bonchev–Trinajstić information content (AvgIpc) is 2.56.